The lowest BCUT2D eigenvalue weighted by molar-refractivity contribution is -0.137. The Hall–Kier alpha value is -1.86. The zero-order valence-corrected chi connectivity index (χ0v) is 13.8. The molecule has 24 heavy (non-hydrogen) atoms. The number of anilines is 1. The summed E-state index contributed by atoms with van der Waals surface area (Å²) in [5.74, 6) is 0. The number of alkyl halides is 3. The number of nitrogen functional groups attached to an aromatic ring is 1. The highest BCUT2D eigenvalue weighted by molar-refractivity contribution is 7.15. The maximum atomic E-state index is 13.0. The number of hydrogen-bond donors (Lipinski definition) is 1. The Morgan fingerprint density at radius 3 is 2.75 bits per heavy atom. The van der Waals surface area contributed by atoms with Gasteiger partial charge in [-0.1, -0.05) is 30.4 Å². The van der Waals surface area contributed by atoms with E-state index < -0.39 is 11.7 Å². The van der Waals surface area contributed by atoms with Gasteiger partial charge in [0.05, 0.1) is 11.3 Å². The normalized spacial score (nSPS) is 16.3. The van der Waals surface area contributed by atoms with Gasteiger partial charge in [0.2, 0.25) is 0 Å². The van der Waals surface area contributed by atoms with Crippen LogP contribution in [-0.2, 0) is 19.0 Å². The van der Waals surface area contributed by atoms with Crippen LogP contribution in [0.5, 0.6) is 0 Å². The molecular weight excluding hydrogens is 335 g/mol. The zero-order chi connectivity index (χ0) is 17.2. The van der Waals surface area contributed by atoms with Gasteiger partial charge in [0.25, 0.3) is 0 Å². The molecule has 0 bridgehead atoms. The van der Waals surface area contributed by atoms with E-state index in [9.17, 15) is 13.2 Å². The average Bonchev–Trinajstić information content (AvgIpc) is 2.78. The minimum Gasteiger partial charge on any atom is -0.375 e. The molecule has 0 unspecified atom stereocenters. The molecule has 0 atom stereocenters. The van der Waals surface area contributed by atoms with Crippen molar-refractivity contribution >= 4 is 22.5 Å². The van der Waals surface area contributed by atoms with Crippen LogP contribution in [-0.4, -0.2) is 29.5 Å². The molecule has 0 aliphatic carbocycles. The highest BCUT2D eigenvalue weighted by atomic mass is 32.1. The van der Waals surface area contributed by atoms with Crippen LogP contribution in [0.2, 0.25) is 0 Å². The minimum atomic E-state index is -4.33. The molecule has 0 saturated heterocycles. The monoisotopic (exact) mass is 353 g/mol. The molecular formula is C17H18F3N3S. The van der Waals surface area contributed by atoms with E-state index in [0.717, 1.165) is 37.7 Å². The van der Waals surface area contributed by atoms with Crippen molar-refractivity contribution in [3.05, 3.63) is 52.0 Å². The summed E-state index contributed by atoms with van der Waals surface area (Å²) < 4.78 is 38.9. The van der Waals surface area contributed by atoms with E-state index in [-0.39, 0.29) is 5.56 Å². The number of fused-ring (bicyclic) bond motifs is 1. The first-order valence-electron chi connectivity index (χ1n) is 7.72. The highest BCUT2D eigenvalue weighted by Crippen LogP contribution is 2.32. The lowest BCUT2D eigenvalue weighted by atomic mass is 10.1. The molecule has 3 nitrogen and oxygen atoms in total. The van der Waals surface area contributed by atoms with Crippen molar-refractivity contribution in [3.8, 4) is 0 Å². The lowest BCUT2D eigenvalue weighted by Gasteiger charge is -2.17. The second-order valence-corrected chi connectivity index (χ2v) is 6.83. The molecule has 0 radical (unpaired) electrons. The van der Waals surface area contributed by atoms with Crippen LogP contribution in [0.15, 0.2) is 30.3 Å². The second kappa shape index (κ2) is 6.94. The molecule has 0 saturated carbocycles. The second-order valence-electron chi connectivity index (χ2n) is 5.71. The van der Waals surface area contributed by atoms with Crippen molar-refractivity contribution in [2.75, 3.05) is 25.4 Å². The van der Waals surface area contributed by atoms with Gasteiger partial charge in [-0.2, -0.15) is 13.2 Å². The summed E-state index contributed by atoms with van der Waals surface area (Å²) >= 11 is 1.53. The molecule has 0 fully saturated rings. The third-order valence-electron chi connectivity index (χ3n) is 4.04. The predicted octanol–water partition coefficient (Wildman–Crippen LogP) is 3.86. The van der Waals surface area contributed by atoms with E-state index in [1.807, 2.05) is 0 Å². The van der Waals surface area contributed by atoms with Crippen molar-refractivity contribution in [1.29, 1.82) is 0 Å². The van der Waals surface area contributed by atoms with Crippen molar-refractivity contribution in [2.24, 2.45) is 0 Å². The van der Waals surface area contributed by atoms with Gasteiger partial charge in [-0.15, -0.1) is 11.3 Å². The predicted molar refractivity (Wildman–Crippen MR) is 90.9 cm³/mol. The molecule has 2 N–H and O–H groups in total. The summed E-state index contributed by atoms with van der Waals surface area (Å²) in [5, 5.41) is 0.608. The van der Waals surface area contributed by atoms with Crippen molar-refractivity contribution in [2.45, 2.75) is 19.0 Å². The van der Waals surface area contributed by atoms with Crippen LogP contribution in [0.25, 0.3) is 6.08 Å². The summed E-state index contributed by atoms with van der Waals surface area (Å²) in [6.07, 6.45) is 0.738. The van der Waals surface area contributed by atoms with Gasteiger partial charge in [0.15, 0.2) is 5.13 Å². The molecule has 128 valence electrons. The third-order valence-corrected chi connectivity index (χ3v) is 5.03. The Morgan fingerprint density at radius 2 is 1.96 bits per heavy atom. The number of rotatable bonds is 3. The Labute approximate surface area is 142 Å². The van der Waals surface area contributed by atoms with Crippen LogP contribution >= 0.6 is 11.3 Å². The summed E-state index contributed by atoms with van der Waals surface area (Å²) in [5.41, 5.74) is 6.39. The van der Waals surface area contributed by atoms with Gasteiger partial charge >= 0.3 is 6.18 Å². The minimum absolute atomic E-state index is 0.202. The summed E-state index contributed by atoms with van der Waals surface area (Å²) in [6, 6.07) is 5.63. The smallest absolute Gasteiger partial charge is 0.375 e. The van der Waals surface area contributed by atoms with Gasteiger partial charge in [0.1, 0.15) is 0 Å². The SMILES string of the molecule is Nc1nc2c(s1)CCN(CC=Cc1ccccc1C(F)(F)F)CC2. The first kappa shape index (κ1) is 17.0. The van der Waals surface area contributed by atoms with Crippen LogP contribution in [0, 0.1) is 0 Å². The number of thiazole rings is 1. The molecule has 1 aliphatic heterocycles. The fourth-order valence-electron chi connectivity index (χ4n) is 2.84. The summed E-state index contributed by atoms with van der Waals surface area (Å²) in [6.45, 7) is 2.32. The number of nitrogens with zero attached hydrogens (tertiary/aromatic N) is 2. The Morgan fingerprint density at radius 1 is 1.21 bits per heavy atom. The molecule has 7 heteroatoms. The van der Waals surface area contributed by atoms with E-state index in [1.165, 1.54) is 28.3 Å². The Kier molecular flexibility index (Phi) is 4.91. The lowest BCUT2D eigenvalue weighted by Crippen LogP contribution is -2.26. The largest absolute Gasteiger partial charge is 0.416 e. The number of benzene rings is 1. The quantitative estimate of drug-likeness (QED) is 0.911. The molecule has 2 heterocycles. The Balaban J connectivity index is 1.63. The molecule has 1 aliphatic rings. The van der Waals surface area contributed by atoms with E-state index >= 15 is 0 Å². The van der Waals surface area contributed by atoms with Crippen LogP contribution in [0.3, 0.4) is 0 Å². The van der Waals surface area contributed by atoms with Gasteiger partial charge in [-0.25, -0.2) is 4.98 Å². The maximum absolute atomic E-state index is 13.0. The molecule has 1 aromatic heterocycles. The zero-order valence-electron chi connectivity index (χ0n) is 13.0. The van der Waals surface area contributed by atoms with E-state index in [1.54, 1.807) is 18.2 Å². The van der Waals surface area contributed by atoms with Crippen LogP contribution in [0.4, 0.5) is 18.3 Å². The summed E-state index contributed by atoms with van der Waals surface area (Å²) in [7, 11) is 0. The average molecular weight is 353 g/mol. The highest BCUT2D eigenvalue weighted by Gasteiger charge is 2.32. The van der Waals surface area contributed by atoms with E-state index in [2.05, 4.69) is 9.88 Å². The standard InChI is InChI=1S/C17H18F3N3S/c18-17(19,20)13-6-2-1-4-12(13)5-3-9-23-10-7-14-15(8-11-23)24-16(21)22-14/h1-6H,7-11H2,(H2,21,22). The molecule has 0 amide bonds. The first-order valence-corrected chi connectivity index (χ1v) is 8.54. The fourth-order valence-corrected chi connectivity index (χ4v) is 3.71. The third kappa shape index (κ3) is 3.96. The molecule has 3 rings (SSSR count). The number of halogens is 3. The fraction of sp³-hybridized carbons (Fsp3) is 0.353. The number of hydrogen-bond acceptors (Lipinski definition) is 4. The van der Waals surface area contributed by atoms with Crippen molar-refractivity contribution in [3.63, 3.8) is 0 Å². The first-order chi connectivity index (χ1) is 11.4. The Bertz CT molecular complexity index is 711. The van der Waals surface area contributed by atoms with Crippen molar-refractivity contribution in [1.82, 2.24) is 9.88 Å². The topological polar surface area (TPSA) is 42.1 Å². The van der Waals surface area contributed by atoms with Gasteiger partial charge in [-0.3, -0.25) is 4.90 Å². The van der Waals surface area contributed by atoms with Crippen LogP contribution < -0.4 is 5.73 Å². The van der Waals surface area contributed by atoms with E-state index in [4.69, 9.17) is 5.73 Å². The van der Waals surface area contributed by atoms with Crippen molar-refractivity contribution < 1.29 is 13.2 Å². The van der Waals surface area contributed by atoms with Gasteiger partial charge in [0, 0.05) is 30.9 Å². The molecule has 0 spiro atoms. The van der Waals surface area contributed by atoms with Gasteiger partial charge < -0.3 is 5.73 Å². The van der Waals surface area contributed by atoms with E-state index in [0.29, 0.717) is 11.7 Å². The summed E-state index contributed by atoms with van der Waals surface area (Å²) in [4.78, 5) is 7.78. The van der Waals surface area contributed by atoms with Crippen LogP contribution in [0.1, 0.15) is 21.7 Å². The number of nitrogens with two attached hydrogens (primary N) is 1. The molecule has 1 aromatic carbocycles. The molecule has 2 aromatic rings. The maximum Gasteiger partial charge on any atom is 0.416 e. The number of aromatic nitrogens is 1. The van der Waals surface area contributed by atoms with Gasteiger partial charge in [-0.05, 0) is 18.1 Å².